The van der Waals surface area contributed by atoms with Gasteiger partial charge in [0.25, 0.3) is 0 Å². The molecule has 0 spiro atoms. The van der Waals surface area contributed by atoms with Crippen molar-refractivity contribution >= 4 is 23.4 Å². The van der Waals surface area contributed by atoms with Crippen molar-refractivity contribution in [3.05, 3.63) is 78.4 Å². The van der Waals surface area contributed by atoms with Crippen molar-refractivity contribution in [1.82, 2.24) is 4.90 Å². The number of amides is 2. The summed E-state index contributed by atoms with van der Waals surface area (Å²) in [5, 5.41) is 0. The Balaban J connectivity index is 1.47. The second-order valence-corrected chi connectivity index (χ2v) is 12.8. The van der Waals surface area contributed by atoms with E-state index >= 15 is 0 Å². The third-order valence-electron chi connectivity index (χ3n) is 8.58. The Morgan fingerprint density at radius 1 is 0.978 bits per heavy atom. The van der Waals surface area contributed by atoms with Crippen molar-refractivity contribution in [2.75, 3.05) is 62.8 Å². The van der Waals surface area contributed by atoms with Crippen LogP contribution in [0, 0.1) is 5.92 Å². The molecule has 3 aromatic carbocycles. The molecule has 1 saturated heterocycles. The van der Waals surface area contributed by atoms with Gasteiger partial charge in [0.1, 0.15) is 18.0 Å². The molecule has 5 rings (SSSR count). The molecule has 2 atom stereocenters. The molecule has 0 radical (unpaired) electrons. The van der Waals surface area contributed by atoms with Crippen molar-refractivity contribution in [3.63, 3.8) is 0 Å². The molecule has 45 heavy (non-hydrogen) atoms. The number of likely N-dealkylation sites (tertiary alicyclic amines) is 1. The number of carbonyl (C=O) groups is 2. The fraction of sp³-hybridized carbons (Fsp3) is 0.459. The summed E-state index contributed by atoms with van der Waals surface area (Å²) in [4.78, 5) is 33.8. The highest BCUT2D eigenvalue weighted by atomic mass is 16.6. The summed E-state index contributed by atoms with van der Waals surface area (Å²) in [6.45, 7) is 11.9. The Hall–Kier alpha value is -4.04. The molecule has 2 aliphatic rings. The van der Waals surface area contributed by atoms with Crippen LogP contribution in [0.4, 0.5) is 16.2 Å². The lowest BCUT2D eigenvalue weighted by molar-refractivity contribution is -0.124. The Kier molecular flexibility index (Phi) is 10.3. The maximum atomic E-state index is 14.7. The lowest BCUT2D eigenvalue weighted by atomic mass is 9.79. The maximum absolute atomic E-state index is 14.7. The van der Waals surface area contributed by atoms with E-state index in [1.165, 1.54) is 0 Å². The Bertz CT molecular complexity index is 1450. The summed E-state index contributed by atoms with van der Waals surface area (Å²) in [5.41, 5.74) is 4.56. The number of methoxy groups -OCH3 is 1. The fourth-order valence-corrected chi connectivity index (χ4v) is 6.40. The van der Waals surface area contributed by atoms with Crippen molar-refractivity contribution in [3.8, 4) is 16.9 Å². The van der Waals surface area contributed by atoms with Crippen LogP contribution in [0.25, 0.3) is 11.1 Å². The number of hydrogen-bond acceptors (Lipinski definition) is 6. The van der Waals surface area contributed by atoms with E-state index in [-0.39, 0.29) is 17.9 Å². The predicted octanol–water partition coefficient (Wildman–Crippen LogP) is 6.98. The highest BCUT2D eigenvalue weighted by molar-refractivity contribution is 5.97. The molecule has 0 unspecified atom stereocenters. The molecule has 0 saturated carbocycles. The van der Waals surface area contributed by atoms with Gasteiger partial charge in [0.05, 0.1) is 18.2 Å². The minimum absolute atomic E-state index is 0.00323. The standard InChI is InChI=1S/C37H47N3O5/c1-6-40(30-16-17-34-33(25-30)38(21-23-44-34)19-11-22-43-5)35(41)32-26-39(36(42)45-37(2,3)4)20-18-31(32)29-15-10-14-28(24-29)27-12-8-7-9-13-27/h7-10,12-17,24-25,31-32H,6,11,18-23,26H2,1-5H3/t31-,32+/m1/s1. The van der Waals surface area contributed by atoms with Crippen molar-refractivity contribution in [2.45, 2.75) is 52.1 Å². The molecule has 3 aromatic rings. The van der Waals surface area contributed by atoms with E-state index in [0.717, 1.165) is 53.3 Å². The molecule has 1 fully saturated rings. The monoisotopic (exact) mass is 613 g/mol. The number of benzene rings is 3. The van der Waals surface area contributed by atoms with Gasteiger partial charge < -0.3 is 28.9 Å². The highest BCUT2D eigenvalue weighted by Gasteiger charge is 2.40. The molecule has 0 aromatic heterocycles. The zero-order valence-corrected chi connectivity index (χ0v) is 27.3. The normalized spacial score (nSPS) is 18.2. The van der Waals surface area contributed by atoms with Crippen molar-refractivity contribution in [2.24, 2.45) is 5.92 Å². The fourth-order valence-electron chi connectivity index (χ4n) is 6.40. The van der Waals surface area contributed by atoms with Crippen LogP contribution in [0.3, 0.4) is 0 Å². The number of nitrogens with zero attached hydrogens (tertiary/aromatic N) is 3. The third-order valence-corrected chi connectivity index (χ3v) is 8.58. The van der Waals surface area contributed by atoms with Gasteiger partial charge in [0.2, 0.25) is 5.91 Å². The second-order valence-electron chi connectivity index (χ2n) is 12.8. The summed E-state index contributed by atoms with van der Waals surface area (Å²) < 4.78 is 17.0. The van der Waals surface area contributed by atoms with Gasteiger partial charge in [-0.3, -0.25) is 4.79 Å². The van der Waals surface area contributed by atoms with Gasteiger partial charge >= 0.3 is 6.09 Å². The highest BCUT2D eigenvalue weighted by Crippen LogP contribution is 2.39. The van der Waals surface area contributed by atoms with Gasteiger partial charge in [-0.1, -0.05) is 54.6 Å². The van der Waals surface area contributed by atoms with Crippen molar-refractivity contribution < 1.29 is 23.8 Å². The van der Waals surface area contributed by atoms with Crippen LogP contribution in [0.2, 0.25) is 0 Å². The van der Waals surface area contributed by atoms with Crippen LogP contribution >= 0.6 is 0 Å². The number of carbonyl (C=O) groups excluding carboxylic acids is 2. The van der Waals surface area contributed by atoms with Gasteiger partial charge in [-0.2, -0.15) is 0 Å². The average Bonchev–Trinajstić information content (AvgIpc) is 3.04. The predicted molar refractivity (Wildman–Crippen MR) is 179 cm³/mol. The molecule has 8 heteroatoms. The molecule has 8 nitrogen and oxygen atoms in total. The molecule has 2 amide bonds. The lowest BCUT2D eigenvalue weighted by Crippen LogP contribution is -2.51. The quantitative estimate of drug-likeness (QED) is 0.243. The van der Waals surface area contributed by atoms with E-state index in [1.807, 2.05) is 62.9 Å². The molecule has 2 heterocycles. The van der Waals surface area contributed by atoms with Crippen LogP contribution in [0.1, 0.15) is 52.0 Å². The molecular formula is C37H47N3O5. The summed E-state index contributed by atoms with van der Waals surface area (Å²) in [5.74, 6) is 0.335. The summed E-state index contributed by atoms with van der Waals surface area (Å²) in [6.07, 6.45) is 1.19. The van der Waals surface area contributed by atoms with Crippen LogP contribution in [-0.2, 0) is 14.3 Å². The van der Waals surface area contributed by atoms with Gasteiger partial charge in [-0.15, -0.1) is 0 Å². The smallest absolute Gasteiger partial charge is 0.410 e. The Morgan fingerprint density at radius 3 is 2.49 bits per heavy atom. The van der Waals surface area contributed by atoms with E-state index in [0.29, 0.717) is 39.3 Å². The van der Waals surface area contributed by atoms with E-state index in [1.54, 1.807) is 12.0 Å². The zero-order valence-electron chi connectivity index (χ0n) is 27.3. The SMILES string of the molecule is CCN(C(=O)[C@H]1CN(C(=O)OC(C)(C)C)CC[C@@H]1c1cccc(-c2ccccc2)c1)c1ccc2c(c1)N(CCCOC)CCO2. The van der Waals surface area contributed by atoms with E-state index in [9.17, 15) is 9.59 Å². The molecular weight excluding hydrogens is 566 g/mol. The van der Waals surface area contributed by atoms with Gasteiger partial charge in [-0.25, -0.2) is 4.79 Å². The Morgan fingerprint density at radius 2 is 1.76 bits per heavy atom. The van der Waals surface area contributed by atoms with Crippen LogP contribution in [0.5, 0.6) is 5.75 Å². The van der Waals surface area contributed by atoms with Crippen LogP contribution < -0.4 is 14.5 Å². The molecule has 240 valence electrons. The minimum Gasteiger partial charge on any atom is -0.490 e. The molecule has 0 aliphatic carbocycles. The second kappa shape index (κ2) is 14.4. The number of hydrogen-bond donors (Lipinski definition) is 0. The lowest BCUT2D eigenvalue weighted by Gasteiger charge is -2.40. The van der Waals surface area contributed by atoms with E-state index in [2.05, 4.69) is 47.4 Å². The minimum atomic E-state index is -0.618. The van der Waals surface area contributed by atoms with Crippen LogP contribution in [-0.4, -0.2) is 75.5 Å². The first kappa shape index (κ1) is 32.4. The number of fused-ring (bicyclic) bond motifs is 1. The van der Waals surface area contributed by atoms with Crippen LogP contribution in [0.15, 0.2) is 72.8 Å². The summed E-state index contributed by atoms with van der Waals surface area (Å²) >= 11 is 0. The first-order valence-electron chi connectivity index (χ1n) is 16.1. The molecule has 0 bridgehead atoms. The topological polar surface area (TPSA) is 71.6 Å². The number of anilines is 2. The average molecular weight is 614 g/mol. The molecule has 2 aliphatic heterocycles. The van der Waals surface area contributed by atoms with Gasteiger partial charge in [0, 0.05) is 45.6 Å². The summed E-state index contributed by atoms with van der Waals surface area (Å²) in [6, 6.07) is 24.8. The number of piperidine rings is 1. The zero-order chi connectivity index (χ0) is 32.0. The Labute approximate surface area is 267 Å². The first-order chi connectivity index (χ1) is 21.7. The van der Waals surface area contributed by atoms with E-state index < -0.39 is 11.5 Å². The van der Waals surface area contributed by atoms with E-state index in [4.69, 9.17) is 14.2 Å². The van der Waals surface area contributed by atoms with Gasteiger partial charge in [0.15, 0.2) is 0 Å². The maximum Gasteiger partial charge on any atom is 0.410 e. The first-order valence-corrected chi connectivity index (χ1v) is 16.1. The summed E-state index contributed by atoms with van der Waals surface area (Å²) in [7, 11) is 1.72. The molecule has 0 N–H and O–H groups in total. The largest absolute Gasteiger partial charge is 0.490 e. The van der Waals surface area contributed by atoms with Crippen molar-refractivity contribution in [1.29, 1.82) is 0 Å². The third kappa shape index (κ3) is 7.79. The number of ether oxygens (including phenoxy) is 3. The number of rotatable bonds is 9. The van der Waals surface area contributed by atoms with Gasteiger partial charge in [-0.05, 0) is 81.3 Å².